The Morgan fingerprint density at radius 2 is 2.09 bits per heavy atom. The van der Waals surface area contributed by atoms with Crippen molar-refractivity contribution in [1.82, 2.24) is 20.7 Å². The van der Waals surface area contributed by atoms with E-state index in [-0.39, 0.29) is 36.4 Å². The third kappa shape index (κ3) is 6.36. The number of aromatic nitrogens is 1. The summed E-state index contributed by atoms with van der Waals surface area (Å²) in [5.41, 5.74) is 0.933. The number of aliphatic imine (C=N–C) groups is 1. The molecule has 1 aromatic heterocycles. The van der Waals surface area contributed by atoms with Crippen molar-refractivity contribution in [3.63, 3.8) is 0 Å². The molecule has 0 aliphatic carbocycles. The van der Waals surface area contributed by atoms with Crippen molar-refractivity contribution in [1.29, 1.82) is 0 Å². The molecule has 8 heteroatoms. The van der Waals surface area contributed by atoms with Crippen molar-refractivity contribution in [2.24, 2.45) is 4.99 Å². The highest BCUT2D eigenvalue weighted by molar-refractivity contribution is 14.0. The molecule has 1 fully saturated rings. The minimum Gasteiger partial charge on any atom is -0.359 e. The van der Waals surface area contributed by atoms with Crippen LogP contribution in [0.1, 0.15) is 38.1 Å². The molecule has 0 spiro atoms. The maximum atomic E-state index is 12.0. The molecule has 0 bridgehead atoms. The highest BCUT2D eigenvalue weighted by atomic mass is 127. The first-order valence-electron chi connectivity index (χ1n) is 7.97. The van der Waals surface area contributed by atoms with Crippen molar-refractivity contribution in [3.05, 3.63) is 17.5 Å². The average Bonchev–Trinajstić information content (AvgIpc) is 3.20. The van der Waals surface area contributed by atoms with Crippen molar-refractivity contribution in [2.45, 2.75) is 39.7 Å². The van der Waals surface area contributed by atoms with E-state index in [2.05, 4.69) is 20.8 Å². The lowest BCUT2D eigenvalue weighted by molar-refractivity contribution is -0.128. The van der Waals surface area contributed by atoms with Crippen LogP contribution in [0.3, 0.4) is 0 Å². The highest BCUT2D eigenvalue weighted by Crippen LogP contribution is 2.07. The summed E-state index contributed by atoms with van der Waals surface area (Å²) in [7, 11) is 0. The minimum absolute atomic E-state index is 0. The van der Waals surface area contributed by atoms with Gasteiger partial charge in [-0.3, -0.25) is 4.79 Å². The number of hydrogen-bond acceptors (Lipinski definition) is 4. The number of rotatable bonds is 6. The third-order valence-corrected chi connectivity index (χ3v) is 3.58. The maximum Gasteiger partial charge on any atom is 0.244 e. The summed E-state index contributed by atoms with van der Waals surface area (Å²) < 4.78 is 5.22. The van der Waals surface area contributed by atoms with Crippen LogP contribution in [0.5, 0.6) is 0 Å². The SMILES string of the molecule is CCNC(=NCC(=O)N1CCCC1)NCc1cc(CC)no1.I. The Labute approximate surface area is 154 Å². The van der Waals surface area contributed by atoms with Gasteiger partial charge in [0.05, 0.1) is 12.2 Å². The van der Waals surface area contributed by atoms with Crippen LogP contribution in [0.4, 0.5) is 0 Å². The van der Waals surface area contributed by atoms with Crippen molar-refractivity contribution in [2.75, 3.05) is 26.2 Å². The molecule has 2 N–H and O–H groups in total. The fourth-order valence-electron chi connectivity index (χ4n) is 2.33. The number of aryl methyl sites for hydroxylation is 1. The number of nitrogens with zero attached hydrogens (tertiary/aromatic N) is 3. The number of carbonyl (C=O) groups is 1. The Kier molecular flexibility index (Phi) is 8.97. The lowest BCUT2D eigenvalue weighted by atomic mass is 10.3. The second-order valence-corrected chi connectivity index (χ2v) is 5.27. The van der Waals surface area contributed by atoms with Gasteiger partial charge in [0, 0.05) is 25.7 Å². The van der Waals surface area contributed by atoms with Crippen molar-refractivity contribution < 1.29 is 9.32 Å². The van der Waals surface area contributed by atoms with E-state index in [1.165, 1.54) is 0 Å². The van der Waals surface area contributed by atoms with Gasteiger partial charge in [-0.1, -0.05) is 12.1 Å². The van der Waals surface area contributed by atoms with E-state index in [1.807, 2.05) is 24.8 Å². The van der Waals surface area contributed by atoms with Gasteiger partial charge in [-0.05, 0) is 26.2 Å². The summed E-state index contributed by atoms with van der Waals surface area (Å²) in [5, 5.41) is 10.2. The van der Waals surface area contributed by atoms with Crippen LogP contribution in [0.25, 0.3) is 0 Å². The summed E-state index contributed by atoms with van der Waals surface area (Å²) in [5.74, 6) is 1.46. The van der Waals surface area contributed by atoms with Gasteiger partial charge < -0.3 is 20.1 Å². The Morgan fingerprint density at radius 1 is 1.35 bits per heavy atom. The van der Waals surface area contributed by atoms with E-state index in [1.54, 1.807) is 0 Å². The van der Waals surface area contributed by atoms with Gasteiger partial charge in [0.15, 0.2) is 11.7 Å². The lowest BCUT2D eigenvalue weighted by Crippen LogP contribution is -2.38. The van der Waals surface area contributed by atoms with Gasteiger partial charge in [-0.25, -0.2) is 4.99 Å². The smallest absolute Gasteiger partial charge is 0.244 e. The predicted molar refractivity (Wildman–Crippen MR) is 99.9 cm³/mol. The van der Waals surface area contributed by atoms with Crippen molar-refractivity contribution >= 4 is 35.8 Å². The third-order valence-electron chi connectivity index (χ3n) is 3.58. The molecule has 1 aliphatic heterocycles. The largest absolute Gasteiger partial charge is 0.359 e. The Balaban J connectivity index is 0.00000264. The summed E-state index contributed by atoms with van der Waals surface area (Å²) in [6, 6.07) is 1.92. The molecule has 0 unspecified atom stereocenters. The minimum atomic E-state index is 0. The van der Waals surface area contributed by atoms with Crippen LogP contribution in [0, 0.1) is 0 Å². The fraction of sp³-hybridized carbons (Fsp3) is 0.667. The molecule has 0 radical (unpaired) electrons. The van der Waals surface area contributed by atoms with E-state index < -0.39 is 0 Å². The number of carbonyl (C=O) groups excluding carboxylic acids is 1. The van der Waals surface area contributed by atoms with Crippen LogP contribution in [0.2, 0.25) is 0 Å². The summed E-state index contributed by atoms with van der Waals surface area (Å²) >= 11 is 0. The molecule has 0 atom stereocenters. The summed E-state index contributed by atoms with van der Waals surface area (Å²) in [6.07, 6.45) is 3.04. The van der Waals surface area contributed by atoms with Gasteiger partial charge in [-0.2, -0.15) is 0 Å². The van der Waals surface area contributed by atoms with Gasteiger partial charge >= 0.3 is 0 Å². The number of amides is 1. The lowest BCUT2D eigenvalue weighted by Gasteiger charge is -2.14. The molecule has 23 heavy (non-hydrogen) atoms. The molecule has 1 amide bonds. The quantitative estimate of drug-likeness (QED) is 0.403. The molecule has 1 aromatic rings. The van der Waals surface area contributed by atoms with Crippen LogP contribution < -0.4 is 10.6 Å². The van der Waals surface area contributed by atoms with E-state index in [4.69, 9.17) is 4.52 Å². The fourth-order valence-corrected chi connectivity index (χ4v) is 2.33. The molecule has 2 heterocycles. The second kappa shape index (κ2) is 10.5. The molecular formula is C15H26IN5O2. The predicted octanol–water partition coefficient (Wildman–Crippen LogP) is 1.53. The molecule has 130 valence electrons. The van der Waals surface area contributed by atoms with E-state index in [0.29, 0.717) is 12.5 Å². The van der Waals surface area contributed by atoms with Gasteiger partial charge in [0.2, 0.25) is 5.91 Å². The Morgan fingerprint density at radius 3 is 2.70 bits per heavy atom. The number of halogens is 1. The number of nitrogens with one attached hydrogen (secondary N) is 2. The number of hydrogen-bond donors (Lipinski definition) is 2. The second-order valence-electron chi connectivity index (χ2n) is 5.27. The van der Waals surface area contributed by atoms with Crippen LogP contribution in [0.15, 0.2) is 15.6 Å². The molecular weight excluding hydrogens is 409 g/mol. The van der Waals surface area contributed by atoms with Gasteiger partial charge in [0.1, 0.15) is 6.54 Å². The van der Waals surface area contributed by atoms with E-state index in [0.717, 1.165) is 50.4 Å². The molecule has 0 saturated carbocycles. The standard InChI is InChI=1S/C15H25N5O2.HI/c1-3-12-9-13(22-19-12)10-17-15(16-4-2)18-11-14(21)20-7-5-6-8-20;/h9H,3-8,10-11H2,1-2H3,(H2,16,17,18);1H. The molecule has 0 aromatic carbocycles. The van der Waals surface area contributed by atoms with Gasteiger partial charge in [0.25, 0.3) is 0 Å². The number of likely N-dealkylation sites (tertiary alicyclic amines) is 1. The molecule has 7 nitrogen and oxygen atoms in total. The van der Waals surface area contributed by atoms with E-state index in [9.17, 15) is 4.79 Å². The normalized spacial score (nSPS) is 14.5. The zero-order valence-corrected chi connectivity index (χ0v) is 16.1. The van der Waals surface area contributed by atoms with Crippen LogP contribution in [-0.2, 0) is 17.8 Å². The van der Waals surface area contributed by atoms with E-state index >= 15 is 0 Å². The Bertz CT molecular complexity index is 512. The zero-order chi connectivity index (χ0) is 15.8. The average molecular weight is 435 g/mol. The molecule has 1 aliphatic rings. The molecule has 2 rings (SSSR count). The van der Waals surface area contributed by atoms with Crippen molar-refractivity contribution in [3.8, 4) is 0 Å². The summed E-state index contributed by atoms with van der Waals surface area (Å²) in [6.45, 7) is 7.14. The number of guanidine groups is 1. The molecule has 1 saturated heterocycles. The first-order chi connectivity index (χ1) is 10.7. The zero-order valence-electron chi connectivity index (χ0n) is 13.8. The first kappa shape index (κ1) is 19.7. The maximum absolute atomic E-state index is 12.0. The summed E-state index contributed by atoms with van der Waals surface area (Å²) in [4.78, 5) is 18.2. The Hall–Kier alpha value is -1.32. The highest BCUT2D eigenvalue weighted by Gasteiger charge is 2.17. The van der Waals surface area contributed by atoms with Gasteiger partial charge in [-0.15, -0.1) is 24.0 Å². The monoisotopic (exact) mass is 435 g/mol. The topological polar surface area (TPSA) is 82.8 Å². The van der Waals surface area contributed by atoms with Crippen LogP contribution in [-0.4, -0.2) is 48.1 Å². The first-order valence-corrected chi connectivity index (χ1v) is 7.97. The van der Waals surface area contributed by atoms with Crippen LogP contribution >= 0.6 is 24.0 Å².